The monoisotopic (exact) mass is 292 g/mol. The molecule has 1 N–H and O–H groups in total. The molecule has 0 aliphatic heterocycles. The molecular weight excluding hydrogens is 275 g/mol. The molecule has 0 spiro atoms. The van der Waals surface area contributed by atoms with Gasteiger partial charge in [0.25, 0.3) is 0 Å². The Labute approximate surface area is 124 Å². The van der Waals surface area contributed by atoms with Gasteiger partial charge in [0.05, 0.1) is 0 Å². The van der Waals surface area contributed by atoms with Crippen molar-refractivity contribution in [3.63, 3.8) is 0 Å². The molecule has 0 aliphatic carbocycles. The lowest BCUT2D eigenvalue weighted by atomic mass is 10.1. The van der Waals surface area contributed by atoms with Gasteiger partial charge in [-0.15, -0.1) is 0 Å². The van der Waals surface area contributed by atoms with Gasteiger partial charge in [0.15, 0.2) is 0 Å². The van der Waals surface area contributed by atoms with Crippen LogP contribution in [0.3, 0.4) is 0 Å². The van der Waals surface area contributed by atoms with Crippen molar-refractivity contribution in [2.24, 2.45) is 0 Å². The van der Waals surface area contributed by atoms with E-state index in [4.69, 9.17) is 11.6 Å². The Morgan fingerprint density at radius 2 is 1.95 bits per heavy atom. The van der Waals surface area contributed by atoms with Crippen molar-refractivity contribution in [2.75, 3.05) is 19.0 Å². The molecule has 0 saturated carbocycles. The SMILES string of the molecule is CNCc1c(Cl)cccc1N(C)Cc1cccc(F)c1. The summed E-state index contributed by atoms with van der Waals surface area (Å²) in [5.74, 6) is -0.211. The van der Waals surface area contributed by atoms with Crippen molar-refractivity contribution in [2.45, 2.75) is 13.1 Å². The molecule has 106 valence electrons. The summed E-state index contributed by atoms with van der Waals surface area (Å²) in [5.41, 5.74) is 3.04. The summed E-state index contributed by atoms with van der Waals surface area (Å²) >= 11 is 6.25. The first-order chi connectivity index (χ1) is 9.61. The zero-order chi connectivity index (χ0) is 14.5. The molecular formula is C16H18ClFN2. The lowest BCUT2D eigenvalue weighted by Gasteiger charge is -2.23. The van der Waals surface area contributed by atoms with Gasteiger partial charge in [-0.25, -0.2) is 4.39 Å². The van der Waals surface area contributed by atoms with Crippen LogP contribution >= 0.6 is 11.6 Å². The highest BCUT2D eigenvalue weighted by Crippen LogP contribution is 2.27. The molecule has 0 radical (unpaired) electrons. The summed E-state index contributed by atoms with van der Waals surface area (Å²) in [6.07, 6.45) is 0. The van der Waals surface area contributed by atoms with E-state index in [-0.39, 0.29) is 5.82 Å². The molecule has 2 rings (SSSR count). The maximum absolute atomic E-state index is 13.2. The summed E-state index contributed by atoms with van der Waals surface area (Å²) in [5, 5.41) is 3.86. The van der Waals surface area contributed by atoms with E-state index in [1.165, 1.54) is 6.07 Å². The first-order valence-corrected chi connectivity index (χ1v) is 6.87. The number of hydrogen-bond donors (Lipinski definition) is 1. The summed E-state index contributed by atoms with van der Waals surface area (Å²) in [6.45, 7) is 1.33. The average molecular weight is 293 g/mol. The van der Waals surface area contributed by atoms with E-state index in [0.717, 1.165) is 21.8 Å². The Morgan fingerprint density at radius 1 is 1.20 bits per heavy atom. The quantitative estimate of drug-likeness (QED) is 0.901. The van der Waals surface area contributed by atoms with E-state index in [1.54, 1.807) is 12.1 Å². The predicted molar refractivity (Wildman–Crippen MR) is 82.7 cm³/mol. The number of nitrogens with one attached hydrogen (secondary N) is 1. The van der Waals surface area contributed by atoms with E-state index in [2.05, 4.69) is 10.2 Å². The highest BCUT2D eigenvalue weighted by atomic mass is 35.5. The fraction of sp³-hybridized carbons (Fsp3) is 0.250. The number of benzene rings is 2. The van der Waals surface area contributed by atoms with Crippen LogP contribution in [0.2, 0.25) is 5.02 Å². The Hall–Kier alpha value is -1.58. The number of halogens is 2. The van der Waals surface area contributed by atoms with E-state index < -0.39 is 0 Å². The molecule has 0 atom stereocenters. The molecule has 0 fully saturated rings. The number of anilines is 1. The van der Waals surface area contributed by atoms with Gasteiger partial charge in [-0.1, -0.05) is 29.8 Å². The molecule has 20 heavy (non-hydrogen) atoms. The third-order valence-corrected chi connectivity index (χ3v) is 3.52. The van der Waals surface area contributed by atoms with E-state index >= 15 is 0 Å². The van der Waals surface area contributed by atoms with Gasteiger partial charge in [-0.3, -0.25) is 0 Å². The summed E-state index contributed by atoms with van der Waals surface area (Å²) in [7, 11) is 3.87. The standard InChI is InChI=1S/C16H18ClFN2/c1-19-10-14-15(17)7-4-8-16(14)20(2)11-12-5-3-6-13(18)9-12/h3-9,19H,10-11H2,1-2H3. The van der Waals surface area contributed by atoms with Crippen molar-refractivity contribution in [1.82, 2.24) is 5.32 Å². The largest absolute Gasteiger partial charge is 0.370 e. The summed E-state index contributed by atoms with van der Waals surface area (Å²) < 4.78 is 13.2. The number of nitrogens with zero attached hydrogens (tertiary/aromatic N) is 1. The van der Waals surface area contributed by atoms with Crippen molar-refractivity contribution in [3.05, 3.63) is 64.4 Å². The minimum atomic E-state index is -0.211. The Balaban J connectivity index is 2.25. The van der Waals surface area contributed by atoms with Crippen LogP contribution in [0.25, 0.3) is 0 Å². The molecule has 0 aliphatic rings. The van der Waals surface area contributed by atoms with Crippen LogP contribution < -0.4 is 10.2 Å². The van der Waals surface area contributed by atoms with Crippen LogP contribution in [-0.4, -0.2) is 14.1 Å². The highest BCUT2D eigenvalue weighted by Gasteiger charge is 2.11. The molecule has 0 saturated heterocycles. The van der Waals surface area contributed by atoms with Crippen LogP contribution in [-0.2, 0) is 13.1 Å². The molecule has 4 heteroatoms. The molecule has 2 aromatic carbocycles. The first kappa shape index (κ1) is 14.8. The van der Waals surface area contributed by atoms with E-state index in [1.807, 2.05) is 38.4 Å². The van der Waals surface area contributed by atoms with Crippen LogP contribution in [0, 0.1) is 5.82 Å². The molecule has 2 aromatic rings. The van der Waals surface area contributed by atoms with Crippen LogP contribution in [0.15, 0.2) is 42.5 Å². The minimum absolute atomic E-state index is 0.211. The van der Waals surface area contributed by atoms with Crippen molar-refractivity contribution in [1.29, 1.82) is 0 Å². The Kier molecular flexibility index (Phi) is 4.99. The van der Waals surface area contributed by atoms with Gasteiger partial charge < -0.3 is 10.2 Å². The van der Waals surface area contributed by atoms with Gasteiger partial charge in [0.1, 0.15) is 5.82 Å². The normalized spacial score (nSPS) is 10.6. The fourth-order valence-electron chi connectivity index (χ4n) is 2.25. The second kappa shape index (κ2) is 6.73. The third kappa shape index (κ3) is 3.50. The Morgan fingerprint density at radius 3 is 2.65 bits per heavy atom. The molecule has 2 nitrogen and oxygen atoms in total. The number of rotatable bonds is 5. The number of hydrogen-bond acceptors (Lipinski definition) is 2. The van der Waals surface area contributed by atoms with Crippen LogP contribution in [0.5, 0.6) is 0 Å². The second-order valence-electron chi connectivity index (χ2n) is 4.75. The smallest absolute Gasteiger partial charge is 0.123 e. The summed E-state index contributed by atoms with van der Waals surface area (Å²) in [6, 6.07) is 12.5. The van der Waals surface area contributed by atoms with Gasteiger partial charge >= 0.3 is 0 Å². The van der Waals surface area contributed by atoms with Crippen molar-refractivity contribution >= 4 is 17.3 Å². The van der Waals surface area contributed by atoms with Crippen molar-refractivity contribution < 1.29 is 4.39 Å². The third-order valence-electron chi connectivity index (χ3n) is 3.17. The van der Waals surface area contributed by atoms with E-state index in [9.17, 15) is 4.39 Å². The average Bonchev–Trinajstić information content (AvgIpc) is 2.41. The van der Waals surface area contributed by atoms with Crippen LogP contribution in [0.1, 0.15) is 11.1 Å². The van der Waals surface area contributed by atoms with Crippen LogP contribution in [0.4, 0.5) is 10.1 Å². The zero-order valence-corrected chi connectivity index (χ0v) is 12.4. The molecule has 0 bridgehead atoms. The molecule has 0 heterocycles. The van der Waals surface area contributed by atoms with E-state index in [0.29, 0.717) is 13.1 Å². The second-order valence-corrected chi connectivity index (χ2v) is 5.16. The van der Waals surface area contributed by atoms with Crippen molar-refractivity contribution in [3.8, 4) is 0 Å². The minimum Gasteiger partial charge on any atom is -0.370 e. The van der Waals surface area contributed by atoms with Gasteiger partial charge in [0, 0.05) is 36.4 Å². The van der Waals surface area contributed by atoms with Gasteiger partial charge in [0.2, 0.25) is 0 Å². The lowest BCUT2D eigenvalue weighted by molar-refractivity contribution is 0.625. The highest BCUT2D eigenvalue weighted by molar-refractivity contribution is 6.31. The lowest BCUT2D eigenvalue weighted by Crippen LogP contribution is -2.20. The maximum atomic E-state index is 13.2. The predicted octanol–water partition coefficient (Wildman–Crippen LogP) is 3.83. The summed E-state index contributed by atoms with van der Waals surface area (Å²) in [4.78, 5) is 2.08. The molecule has 0 amide bonds. The Bertz CT molecular complexity index is 586. The fourth-order valence-corrected chi connectivity index (χ4v) is 2.49. The van der Waals surface area contributed by atoms with Gasteiger partial charge in [-0.05, 0) is 36.9 Å². The topological polar surface area (TPSA) is 15.3 Å². The van der Waals surface area contributed by atoms with Gasteiger partial charge in [-0.2, -0.15) is 0 Å². The maximum Gasteiger partial charge on any atom is 0.123 e. The molecule has 0 aromatic heterocycles. The molecule has 0 unspecified atom stereocenters. The first-order valence-electron chi connectivity index (χ1n) is 6.49. The zero-order valence-electron chi connectivity index (χ0n) is 11.7.